The SMILES string of the molecule is CSCc1ccc(C(=O)N2CCNC(=O)C2)o1. The van der Waals surface area contributed by atoms with Crippen molar-refractivity contribution in [1.82, 2.24) is 10.2 Å². The van der Waals surface area contributed by atoms with Crippen LogP contribution in [0, 0.1) is 0 Å². The van der Waals surface area contributed by atoms with Crippen LogP contribution in [0.2, 0.25) is 0 Å². The Hall–Kier alpha value is -1.43. The highest BCUT2D eigenvalue weighted by Gasteiger charge is 2.24. The number of rotatable bonds is 3. The van der Waals surface area contributed by atoms with Gasteiger partial charge in [-0.25, -0.2) is 0 Å². The molecular formula is C11H14N2O3S. The Morgan fingerprint density at radius 2 is 2.41 bits per heavy atom. The minimum atomic E-state index is -0.216. The lowest BCUT2D eigenvalue weighted by atomic mass is 10.3. The molecule has 0 spiro atoms. The van der Waals surface area contributed by atoms with Gasteiger partial charge in [0, 0.05) is 13.1 Å². The maximum atomic E-state index is 12.0. The predicted molar refractivity (Wildman–Crippen MR) is 64.8 cm³/mol. The van der Waals surface area contributed by atoms with E-state index in [2.05, 4.69) is 5.32 Å². The number of piperazine rings is 1. The molecule has 1 N–H and O–H groups in total. The molecule has 1 saturated heterocycles. The Balaban J connectivity index is 2.05. The lowest BCUT2D eigenvalue weighted by molar-refractivity contribution is -0.123. The zero-order valence-electron chi connectivity index (χ0n) is 9.56. The molecule has 0 saturated carbocycles. The van der Waals surface area contributed by atoms with Gasteiger partial charge in [0.25, 0.3) is 5.91 Å². The molecule has 2 heterocycles. The summed E-state index contributed by atoms with van der Waals surface area (Å²) in [6.07, 6.45) is 1.97. The number of thioether (sulfide) groups is 1. The average molecular weight is 254 g/mol. The second-order valence-electron chi connectivity index (χ2n) is 3.78. The van der Waals surface area contributed by atoms with Gasteiger partial charge in [-0.15, -0.1) is 0 Å². The standard InChI is InChI=1S/C11H14N2O3S/c1-17-7-8-2-3-9(16-8)11(15)13-5-4-12-10(14)6-13/h2-3H,4-7H2,1H3,(H,12,14). The first-order valence-corrected chi connectivity index (χ1v) is 6.73. The van der Waals surface area contributed by atoms with Crippen LogP contribution >= 0.6 is 11.8 Å². The first kappa shape index (κ1) is 12.0. The maximum absolute atomic E-state index is 12.0. The summed E-state index contributed by atoms with van der Waals surface area (Å²) in [7, 11) is 0. The number of nitrogens with one attached hydrogen (secondary N) is 1. The molecule has 0 aromatic carbocycles. The molecule has 0 atom stereocenters. The van der Waals surface area contributed by atoms with E-state index >= 15 is 0 Å². The summed E-state index contributed by atoms with van der Waals surface area (Å²) >= 11 is 1.63. The molecule has 92 valence electrons. The van der Waals surface area contributed by atoms with Gasteiger partial charge < -0.3 is 14.6 Å². The van der Waals surface area contributed by atoms with Crippen LogP contribution in [0.25, 0.3) is 0 Å². The first-order valence-electron chi connectivity index (χ1n) is 5.34. The van der Waals surface area contributed by atoms with Crippen LogP contribution in [0.15, 0.2) is 16.5 Å². The van der Waals surface area contributed by atoms with E-state index in [1.807, 2.05) is 6.26 Å². The van der Waals surface area contributed by atoms with Gasteiger partial charge in [-0.2, -0.15) is 11.8 Å². The fourth-order valence-corrected chi connectivity index (χ4v) is 2.12. The number of amides is 2. The summed E-state index contributed by atoms with van der Waals surface area (Å²) < 4.78 is 5.43. The molecule has 0 unspecified atom stereocenters. The minimum Gasteiger partial charge on any atom is -0.455 e. The smallest absolute Gasteiger partial charge is 0.290 e. The molecule has 0 aliphatic carbocycles. The van der Waals surface area contributed by atoms with Crippen LogP contribution in [0.1, 0.15) is 16.3 Å². The number of hydrogen-bond acceptors (Lipinski definition) is 4. The van der Waals surface area contributed by atoms with Gasteiger partial charge in [0.15, 0.2) is 5.76 Å². The molecule has 17 heavy (non-hydrogen) atoms. The topological polar surface area (TPSA) is 62.6 Å². The van der Waals surface area contributed by atoms with Crippen molar-refractivity contribution < 1.29 is 14.0 Å². The highest BCUT2D eigenvalue weighted by atomic mass is 32.2. The highest BCUT2D eigenvalue weighted by Crippen LogP contribution is 2.15. The summed E-state index contributed by atoms with van der Waals surface area (Å²) in [5.41, 5.74) is 0. The van der Waals surface area contributed by atoms with Crippen LogP contribution in [0.4, 0.5) is 0 Å². The van der Waals surface area contributed by atoms with Crippen molar-refractivity contribution in [2.45, 2.75) is 5.75 Å². The average Bonchev–Trinajstić information content (AvgIpc) is 2.77. The van der Waals surface area contributed by atoms with E-state index in [-0.39, 0.29) is 18.4 Å². The van der Waals surface area contributed by atoms with Crippen molar-refractivity contribution in [2.24, 2.45) is 0 Å². The summed E-state index contributed by atoms with van der Waals surface area (Å²) in [6, 6.07) is 3.47. The Kier molecular flexibility index (Phi) is 3.73. The minimum absolute atomic E-state index is 0.109. The van der Waals surface area contributed by atoms with E-state index in [0.29, 0.717) is 18.8 Å². The summed E-state index contributed by atoms with van der Waals surface area (Å²) in [5.74, 6) is 1.49. The van der Waals surface area contributed by atoms with Crippen molar-refractivity contribution in [3.63, 3.8) is 0 Å². The van der Waals surface area contributed by atoms with Gasteiger partial charge in [0.2, 0.25) is 5.91 Å². The molecule has 1 aromatic heterocycles. The van der Waals surface area contributed by atoms with E-state index in [1.54, 1.807) is 23.9 Å². The van der Waals surface area contributed by atoms with Gasteiger partial charge in [-0.05, 0) is 18.4 Å². The molecule has 1 fully saturated rings. The number of carbonyl (C=O) groups is 2. The zero-order valence-corrected chi connectivity index (χ0v) is 10.4. The van der Waals surface area contributed by atoms with Gasteiger partial charge in [-0.3, -0.25) is 9.59 Å². The molecule has 2 amide bonds. The Morgan fingerprint density at radius 1 is 1.59 bits per heavy atom. The number of carbonyl (C=O) groups excluding carboxylic acids is 2. The monoisotopic (exact) mass is 254 g/mol. The lowest BCUT2D eigenvalue weighted by Crippen LogP contribution is -2.49. The third-order valence-corrected chi connectivity index (χ3v) is 3.06. The van der Waals surface area contributed by atoms with E-state index in [1.165, 1.54) is 4.90 Å². The molecule has 1 aliphatic heterocycles. The molecule has 2 rings (SSSR count). The molecular weight excluding hydrogens is 240 g/mol. The van der Waals surface area contributed by atoms with Crippen LogP contribution in [-0.2, 0) is 10.5 Å². The van der Waals surface area contributed by atoms with E-state index in [0.717, 1.165) is 11.5 Å². The fraction of sp³-hybridized carbons (Fsp3) is 0.455. The molecule has 6 heteroatoms. The van der Waals surface area contributed by atoms with Gasteiger partial charge in [0.1, 0.15) is 12.3 Å². The van der Waals surface area contributed by atoms with Gasteiger partial charge >= 0.3 is 0 Å². The third-order valence-electron chi connectivity index (χ3n) is 2.48. The van der Waals surface area contributed by atoms with Crippen molar-refractivity contribution in [3.8, 4) is 0 Å². The fourth-order valence-electron chi connectivity index (χ4n) is 1.68. The Bertz CT molecular complexity index is 430. The number of furan rings is 1. The molecule has 0 bridgehead atoms. The van der Waals surface area contributed by atoms with Crippen LogP contribution < -0.4 is 5.32 Å². The highest BCUT2D eigenvalue weighted by molar-refractivity contribution is 7.97. The van der Waals surface area contributed by atoms with Crippen LogP contribution in [0.3, 0.4) is 0 Å². The molecule has 5 nitrogen and oxygen atoms in total. The van der Waals surface area contributed by atoms with Gasteiger partial charge in [0.05, 0.1) is 5.75 Å². The van der Waals surface area contributed by atoms with Crippen molar-refractivity contribution in [3.05, 3.63) is 23.7 Å². The summed E-state index contributed by atoms with van der Waals surface area (Å²) in [6.45, 7) is 1.14. The Labute approximate surface area is 104 Å². The first-order chi connectivity index (χ1) is 8.20. The van der Waals surface area contributed by atoms with Crippen molar-refractivity contribution in [1.29, 1.82) is 0 Å². The summed E-state index contributed by atoms with van der Waals surface area (Å²) in [4.78, 5) is 24.7. The molecule has 0 radical (unpaired) electrons. The van der Waals surface area contributed by atoms with Crippen LogP contribution in [-0.4, -0.2) is 42.6 Å². The quantitative estimate of drug-likeness (QED) is 0.863. The van der Waals surface area contributed by atoms with Gasteiger partial charge in [-0.1, -0.05) is 0 Å². The number of hydrogen-bond donors (Lipinski definition) is 1. The van der Waals surface area contributed by atoms with Crippen LogP contribution in [0.5, 0.6) is 0 Å². The maximum Gasteiger partial charge on any atom is 0.290 e. The molecule has 1 aromatic rings. The van der Waals surface area contributed by atoms with Crippen molar-refractivity contribution >= 4 is 23.6 Å². The van der Waals surface area contributed by atoms with E-state index in [4.69, 9.17) is 4.42 Å². The second kappa shape index (κ2) is 5.27. The molecule has 1 aliphatic rings. The lowest BCUT2D eigenvalue weighted by Gasteiger charge is -2.25. The van der Waals surface area contributed by atoms with E-state index in [9.17, 15) is 9.59 Å². The predicted octanol–water partition coefficient (Wildman–Crippen LogP) is 0.715. The van der Waals surface area contributed by atoms with Crippen molar-refractivity contribution in [2.75, 3.05) is 25.9 Å². The number of nitrogens with zero attached hydrogens (tertiary/aromatic N) is 1. The Morgan fingerprint density at radius 3 is 3.12 bits per heavy atom. The zero-order chi connectivity index (χ0) is 12.3. The normalized spacial score (nSPS) is 15.8. The summed E-state index contributed by atoms with van der Waals surface area (Å²) in [5, 5.41) is 2.68. The van der Waals surface area contributed by atoms with E-state index < -0.39 is 0 Å². The second-order valence-corrected chi connectivity index (χ2v) is 4.64. The third kappa shape index (κ3) is 2.82. The largest absolute Gasteiger partial charge is 0.455 e.